The first-order chi connectivity index (χ1) is 14.0. The number of carbonyl (C=O) groups excluding carboxylic acids is 2. The lowest BCUT2D eigenvalue weighted by Gasteiger charge is -2.27. The standard InChI is InChI=1S/C23H28N2O4/c1-4-6-14-29-19-10-8-18(9-11-19)15-20-17(3)21(16-24)23(27)25(22(20)26)12-7-13-28-5-2/h8-11,15H,4-7,12-14H2,1-3H3/b20-15+. The molecule has 0 spiro atoms. The normalized spacial score (nSPS) is 15.8. The number of hydrogen-bond donors (Lipinski definition) is 0. The molecular formula is C23H28N2O4. The molecule has 154 valence electrons. The van der Waals surface area contributed by atoms with Gasteiger partial charge >= 0.3 is 0 Å². The van der Waals surface area contributed by atoms with Crippen molar-refractivity contribution in [2.45, 2.75) is 40.0 Å². The van der Waals surface area contributed by atoms with Gasteiger partial charge in [0.15, 0.2) is 0 Å². The molecule has 0 radical (unpaired) electrons. The largest absolute Gasteiger partial charge is 0.494 e. The van der Waals surface area contributed by atoms with E-state index in [0.717, 1.165) is 29.1 Å². The number of nitrogens with zero attached hydrogens (tertiary/aromatic N) is 2. The van der Waals surface area contributed by atoms with Crippen molar-refractivity contribution in [2.75, 3.05) is 26.4 Å². The lowest BCUT2D eigenvalue weighted by Crippen LogP contribution is -2.43. The van der Waals surface area contributed by atoms with Gasteiger partial charge in [-0.1, -0.05) is 25.5 Å². The Balaban J connectivity index is 2.24. The van der Waals surface area contributed by atoms with Crippen LogP contribution in [0.4, 0.5) is 0 Å². The predicted octanol–water partition coefficient (Wildman–Crippen LogP) is 3.88. The molecule has 0 saturated heterocycles. The Morgan fingerprint density at radius 3 is 2.41 bits per heavy atom. The van der Waals surface area contributed by atoms with Gasteiger partial charge in [-0.05, 0) is 56.0 Å². The van der Waals surface area contributed by atoms with Crippen LogP contribution in [0.25, 0.3) is 6.08 Å². The Morgan fingerprint density at radius 1 is 1.07 bits per heavy atom. The zero-order valence-electron chi connectivity index (χ0n) is 17.4. The van der Waals surface area contributed by atoms with Crippen LogP contribution in [-0.2, 0) is 14.3 Å². The number of benzene rings is 1. The van der Waals surface area contributed by atoms with Gasteiger partial charge < -0.3 is 9.47 Å². The molecule has 1 heterocycles. The first-order valence-electron chi connectivity index (χ1n) is 10.0. The van der Waals surface area contributed by atoms with Gasteiger partial charge in [0.1, 0.15) is 17.4 Å². The van der Waals surface area contributed by atoms with Gasteiger partial charge in [-0.2, -0.15) is 5.26 Å². The zero-order valence-corrected chi connectivity index (χ0v) is 17.4. The SMILES string of the molecule is CCCCOc1ccc(/C=C2/C(=O)N(CCCOCC)C(=O)C(C#N)=C2C)cc1. The molecule has 0 atom stereocenters. The van der Waals surface area contributed by atoms with Crippen molar-refractivity contribution in [3.8, 4) is 11.8 Å². The van der Waals surface area contributed by atoms with Gasteiger partial charge in [-0.15, -0.1) is 0 Å². The van der Waals surface area contributed by atoms with Crippen LogP contribution in [0.15, 0.2) is 41.0 Å². The maximum absolute atomic E-state index is 12.9. The number of rotatable bonds is 10. The number of carbonyl (C=O) groups is 2. The minimum absolute atomic E-state index is 0.00628. The smallest absolute Gasteiger partial charge is 0.271 e. The average molecular weight is 396 g/mol. The number of ether oxygens (including phenoxy) is 2. The summed E-state index contributed by atoms with van der Waals surface area (Å²) in [5, 5.41) is 9.43. The third-order valence-corrected chi connectivity index (χ3v) is 4.66. The first-order valence-corrected chi connectivity index (χ1v) is 10.0. The number of amides is 2. The second kappa shape index (κ2) is 11.2. The number of unbranched alkanes of at least 4 members (excludes halogenated alkanes) is 1. The Kier molecular flexibility index (Phi) is 8.63. The third-order valence-electron chi connectivity index (χ3n) is 4.66. The van der Waals surface area contributed by atoms with Gasteiger partial charge in [0.25, 0.3) is 11.8 Å². The van der Waals surface area contributed by atoms with E-state index >= 15 is 0 Å². The van der Waals surface area contributed by atoms with Crippen LogP contribution in [0, 0.1) is 11.3 Å². The number of imide groups is 1. The molecule has 2 rings (SSSR count). The molecule has 0 aliphatic carbocycles. The van der Waals surface area contributed by atoms with Crippen molar-refractivity contribution < 1.29 is 19.1 Å². The van der Waals surface area contributed by atoms with E-state index in [1.807, 2.05) is 37.3 Å². The van der Waals surface area contributed by atoms with Crippen LogP contribution >= 0.6 is 0 Å². The highest BCUT2D eigenvalue weighted by molar-refractivity contribution is 6.19. The van der Waals surface area contributed by atoms with Gasteiger partial charge in [0.2, 0.25) is 0 Å². The summed E-state index contributed by atoms with van der Waals surface area (Å²) in [7, 11) is 0. The van der Waals surface area contributed by atoms with Crippen LogP contribution in [0.2, 0.25) is 0 Å². The molecule has 0 fully saturated rings. The second-order valence-electron chi connectivity index (χ2n) is 6.75. The van der Waals surface area contributed by atoms with Crippen molar-refractivity contribution in [3.05, 3.63) is 46.5 Å². The minimum Gasteiger partial charge on any atom is -0.494 e. The molecule has 1 aliphatic heterocycles. The molecule has 1 aliphatic rings. The van der Waals surface area contributed by atoms with E-state index in [4.69, 9.17) is 9.47 Å². The summed E-state index contributed by atoms with van der Waals surface area (Å²) >= 11 is 0. The van der Waals surface area contributed by atoms with E-state index in [2.05, 4.69) is 6.92 Å². The van der Waals surface area contributed by atoms with Crippen LogP contribution in [0.1, 0.15) is 45.6 Å². The van der Waals surface area contributed by atoms with Gasteiger partial charge in [0, 0.05) is 25.3 Å². The van der Waals surface area contributed by atoms with Crippen LogP contribution in [-0.4, -0.2) is 43.1 Å². The summed E-state index contributed by atoms with van der Waals surface area (Å²) in [4.78, 5) is 26.6. The molecule has 6 heteroatoms. The molecule has 1 aromatic carbocycles. The zero-order chi connectivity index (χ0) is 21.2. The Bertz CT molecular complexity index is 831. The summed E-state index contributed by atoms with van der Waals surface area (Å²) in [5.74, 6) is -0.150. The summed E-state index contributed by atoms with van der Waals surface area (Å²) in [6.45, 7) is 7.55. The van der Waals surface area contributed by atoms with Crippen molar-refractivity contribution in [3.63, 3.8) is 0 Å². The van der Waals surface area contributed by atoms with Crippen LogP contribution in [0.3, 0.4) is 0 Å². The van der Waals surface area contributed by atoms with E-state index in [1.165, 1.54) is 0 Å². The number of nitriles is 1. The van der Waals surface area contributed by atoms with E-state index in [1.54, 1.807) is 13.0 Å². The summed E-state index contributed by atoms with van der Waals surface area (Å²) in [5.41, 5.74) is 1.58. The molecule has 0 saturated carbocycles. The fourth-order valence-electron chi connectivity index (χ4n) is 2.96. The molecule has 1 aromatic rings. The fourth-order valence-corrected chi connectivity index (χ4v) is 2.96. The molecule has 0 unspecified atom stereocenters. The monoisotopic (exact) mass is 396 g/mol. The Hall–Kier alpha value is -2.91. The Labute approximate surface area is 172 Å². The second-order valence-corrected chi connectivity index (χ2v) is 6.75. The molecule has 0 N–H and O–H groups in total. The number of hydrogen-bond acceptors (Lipinski definition) is 5. The maximum Gasteiger partial charge on any atom is 0.271 e. The van der Waals surface area contributed by atoms with Crippen LogP contribution < -0.4 is 4.74 Å². The molecule has 6 nitrogen and oxygen atoms in total. The molecule has 0 bridgehead atoms. The summed E-state index contributed by atoms with van der Waals surface area (Å²) in [6, 6.07) is 9.37. The molecule has 0 aromatic heterocycles. The van der Waals surface area contributed by atoms with E-state index < -0.39 is 5.91 Å². The average Bonchev–Trinajstić information content (AvgIpc) is 2.72. The van der Waals surface area contributed by atoms with Crippen molar-refractivity contribution in [1.82, 2.24) is 4.90 Å². The van der Waals surface area contributed by atoms with Crippen molar-refractivity contribution >= 4 is 17.9 Å². The van der Waals surface area contributed by atoms with Gasteiger partial charge in [-0.3, -0.25) is 14.5 Å². The lowest BCUT2D eigenvalue weighted by molar-refractivity contribution is -0.140. The highest BCUT2D eigenvalue weighted by Crippen LogP contribution is 2.27. The van der Waals surface area contributed by atoms with E-state index in [-0.39, 0.29) is 18.0 Å². The summed E-state index contributed by atoms with van der Waals surface area (Å²) in [6.07, 6.45) is 4.31. The maximum atomic E-state index is 12.9. The highest BCUT2D eigenvalue weighted by Gasteiger charge is 2.34. The van der Waals surface area contributed by atoms with Crippen molar-refractivity contribution in [1.29, 1.82) is 5.26 Å². The predicted molar refractivity (Wildman–Crippen MR) is 111 cm³/mol. The molecular weight excluding hydrogens is 368 g/mol. The summed E-state index contributed by atoms with van der Waals surface area (Å²) < 4.78 is 10.9. The molecule has 29 heavy (non-hydrogen) atoms. The molecule has 2 amide bonds. The van der Waals surface area contributed by atoms with E-state index in [9.17, 15) is 14.9 Å². The first kappa shape index (κ1) is 22.4. The highest BCUT2D eigenvalue weighted by atomic mass is 16.5. The van der Waals surface area contributed by atoms with Crippen molar-refractivity contribution in [2.24, 2.45) is 0 Å². The van der Waals surface area contributed by atoms with Gasteiger partial charge in [-0.25, -0.2) is 0 Å². The fraction of sp³-hybridized carbons (Fsp3) is 0.435. The Morgan fingerprint density at radius 2 is 1.79 bits per heavy atom. The van der Waals surface area contributed by atoms with Gasteiger partial charge in [0.05, 0.1) is 6.61 Å². The minimum atomic E-state index is -0.539. The quantitative estimate of drug-likeness (QED) is 0.341. The lowest BCUT2D eigenvalue weighted by atomic mass is 9.93. The third kappa shape index (κ3) is 5.78. The van der Waals surface area contributed by atoms with Crippen LogP contribution in [0.5, 0.6) is 5.75 Å². The van der Waals surface area contributed by atoms with E-state index in [0.29, 0.717) is 37.4 Å². The topological polar surface area (TPSA) is 79.6 Å².